The maximum Gasteiger partial charge on any atom is 0.224 e. The van der Waals surface area contributed by atoms with Crippen molar-refractivity contribution in [2.45, 2.75) is 0 Å². The van der Waals surface area contributed by atoms with E-state index in [1.54, 1.807) is 0 Å². The van der Waals surface area contributed by atoms with Gasteiger partial charge in [0.05, 0.1) is 25.1 Å². The van der Waals surface area contributed by atoms with Gasteiger partial charge < -0.3 is 20.7 Å². The maximum absolute atomic E-state index is 5.82. The first-order valence-corrected chi connectivity index (χ1v) is 7.08. The molecule has 6 nitrogen and oxygen atoms in total. The van der Waals surface area contributed by atoms with Gasteiger partial charge in [0.2, 0.25) is 5.28 Å². The third-order valence-corrected chi connectivity index (χ3v) is 3.48. The largest absolute Gasteiger partial charge is 0.394 e. The molecular weight excluding hydrogens is 290 g/mol. The van der Waals surface area contributed by atoms with Crippen LogP contribution in [0.25, 0.3) is 0 Å². The lowest BCUT2D eigenvalue weighted by molar-refractivity contribution is 0.122. The highest BCUT2D eigenvalue weighted by Gasteiger charge is 2.11. The molecule has 0 spiro atoms. The quantitative estimate of drug-likeness (QED) is 0.847. The molecule has 1 saturated heterocycles. The van der Waals surface area contributed by atoms with Crippen LogP contribution >= 0.6 is 11.6 Å². The number of nitrogen functional groups attached to an aromatic ring is 1. The molecule has 3 N–H and O–H groups in total. The van der Waals surface area contributed by atoms with Gasteiger partial charge in [-0.1, -0.05) is 0 Å². The number of hydrogen-bond donors (Lipinski definition) is 2. The van der Waals surface area contributed by atoms with Crippen LogP contribution in [0.15, 0.2) is 30.5 Å². The number of benzene rings is 1. The van der Waals surface area contributed by atoms with Gasteiger partial charge in [0, 0.05) is 24.5 Å². The maximum atomic E-state index is 5.82. The average molecular weight is 306 g/mol. The van der Waals surface area contributed by atoms with Crippen LogP contribution in [0.2, 0.25) is 5.28 Å². The molecule has 2 heterocycles. The molecule has 0 unspecified atom stereocenters. The Labute approximate surface area is 127 Å². The molecule has 21 heavy (non-hydrogen) atoms. The SMILES string of the molecule is Nc1cnc(Cl)nc1Nc1ccc(N2CCOCC2)cc1. The first-order valence-electron chi connectivity index (χ1n) is 6.70. The molecular formula is C14H16ClN5O. The van der Waals surface area contributed by atoms with Crippen LogP contribution in [0.4, 0.5) is 22.9 Å². The number of nitrogens with zero attached hydrogens (tertiary/aromatic N) is 3. The molecule has 0 amide bonds. The topological polar surface area (TPSA) is 76.3 Å². The summed E-state index contributed by atoms with van der Waals surface area (Å²) in [6.07, 6.45) is 1.49. The molecule has 110 valence electrons. The zero-order valence-electron chi connectivity index (χ0n) is 11.4. The van der Waals surface area contributed by atoms with Crippen molar-refractivity contribution in [2.75, 3.05) is 42.3 Å². The monoisotopic (exact) mass is 305 g/mol. The number of aromatic nitrogens is 2. The Bertz CT molecular complexity index is 613. The van der Waals surface area contributed by atoms with Crippen molar-refractivity contribution in [3.8, 4) is 0 Å². The number of morpholine rings is 1. The number of rotatable bonds is 3. The highest BCUT2D eigenvalue weighted by atomic mass is 35.5. The zero-order chi connectivity index (χ0) is 14.7. The molecule has 1 aromatic heterocycles. The van der Waals surface area contributed by atoms with E-state index in [9.17, 15) is 0 Å². The van der Waals surface area contributed by atoms with Crippen molar-refractivity contribution >= 4 is 34.5 Å². The molecule has 7 heteroatoms. The Morgan fingerprint density at radius 1 is 1.19 bits per heavy atom. The fourth-order valence-electron chi connectivity index (χ4n) is 2.18. The summed E-state index contributed by atoms with van der Waals surface area (Å²) in [6, 6.07) is 8.10. The van der Waals surface area contributed by atoms with Gasteiger partial charge in [0.15, 0.2) is 5.82 Å². The standard InChI is InChI=1S/C14H16ClN5O/c15-14-17-9-12(16)13(19-14)18-10-1-3-11(4-2-10)20-5-7-21-8-6-20/h1-4,9H,5-8,16H2,(H,17,18,19). The minimum Gasteiger partial charge on any atom is -0.394 e. The fraction of sp³-hybridized carbons (Fsp3) is 0.286. The summed E-state index contributed by atoms with van der Waals surface area (Å²) in [5, 5.41) is 3.30. The van der Waals surface area contributed by atoms with Gasteiger partial charge in [-0.3, -0.25) is 0 Å². The Kier molecular flexibility index (Phi) is 4.08. The van der Waals surface area contributed by atoms with Crippen LogP contribution in [-0.2, 0) is 4.74 Å². The van der Waals surface area contributed by atoms with Gasteiger partial charge in [0.25, 0.3) is 0 Å². The molecule has 0 bridgehead atoms. The van der Waals surface area contributed by atoms with Crippen LogP contribution in [0.5, 0.6) is 0 Å². The van der Waals surface area contributed by atoms with E-state index in [-0.39, 0.29) is 5.28 Å². The molecule has 1 aromatic carbocycles. The molecule has 1 aliphatic heterocycles. The summed E-state index contributed by atoms with van der Waals surface area (Å²) in [7, 11) is 0. The van der Waals surface area contributed by atoms with Crippen molar-refractivity contribution in [3.05, 3.63) is 35.7 Å². The number of halogens is 1. The first kappa shape index (κ1) is 13.9. The normalized spacial score (nSPS) is 15.0. The van der Waals surface area contributed by atoms with Crippen molar-refractivity contribution in [3.63, 3.8) is 0 Å². The smallest absolute Gasteiger partial charge is 0.224 e. The van der Waals surface area contributed by atoms with Crippen molar-refractivity contribution in [2.24, 2.45) is 0 Å². The fourth-order valence-corrected chi connectivity index (χ4v) is 2.32. The second-order valence-electron chi connectivity index (χ2n) is 4.71. The number of ether oxygens (including phenoxy) is 1. The molecule has 3 rings (SSSR count). The molecule has 1 fully saturated rings. The van der Waals surface area contributed by atoms with Gasteiger partial charge >= 0.3 is 0 Å². The third kappa shape index (κ3) is 3.34. The highest BCUT2D eigenvalue weighted by Crippen LogP contribution is 2.24. The highest BCUT2D eigenvalue weighted by molar-refractivity contribution is 6.28. The Morgan fingerprint density at radius 2 is 1.90 bits per heavy atom. The van der Waals surface area contributed by atoms with E-state index >= 15 is 0 Å². The van der Waals surface area contributed by atoms with Crippen LogP contribution in [0, 0.1) is 0 Å². The van der Waals surface area contributed by atoms with Crippen molar-refractivity contribution < 1.29 is 4.74 Å². The van der Waals surface area contributed by atoms with Crippen molar-refractivity contribution in [1.82, 2.24) is 9.97 Å². The Morgan fingerprint density at radius 3 is 2.62 bits per heavy atom. The molecule has 2 aromatic rings. The molecule has 0 radical (unpaired) electrons. The summed E-state index contributed by atoms with van der Waals surface area (Å²) in [5.74, 6) is 0.508. The number of nitrogens with one attached hydrogen (secondary N) is 1. The van der Waals surface area contributed by atoms with E-state index in [1.165, 1.54) is 11.9 Å². The minimum absolute atomic E-state index is 0.164. The molecule has 0 aliphatic carbocycles. The van der Waals surface area contributed by atoms with Gasteiger partial charge in [-0.15, -0.1) is 0 Å². The zero-order valence-corrected chi connectivity index (χ0v) is 12.2. The molecule has 1 aliphatic rings. The van der Waals surface area contributed by atoms with Gasteiger partial charge in [0.1, 0.15) is 0 Å². The van der Waals surface area contributed by atoms with E-state index in [4.69, 9.17) is 22.1 Å². The lowest BCUT2D eigenvalue weighted by atomic mass is 10.2. The second-order valence-corrected chi connectivity index (χ2v) is 5.05. The number of hydrogen-bond acceptors (Lipinski definition) is 6. The summed E-state index contributed by atoms with van der Waals surface area (Å²) in [6.45, 7) is 3.38. The van der Waals surface area contributed by atoms with Crippen LogP contribution in [0.3, 0.4) is 0 Å². The summed E-state index contributed by atoms with van der Waals surface area (Å²) in [4.78, 5) is 10.2. The Balaban J connectivity index is 1.73. The van der Waals surface area contributed by atoms with E-state index < -0.39 is 0 Å². The van der Waals surface area contributed by atoms with E-state index in [0.717, 1.165) is 32.0 Å². The summed E-state index contributed by atoms with van der Waals surface area (Å²) in [5.41, 5.74) is 8.35. The Hall–Kier alpha value is -2.05. The predicted molar refractivity (Wildman–Crippen MR) is 84.2 cm³/mol. The van der Waals surface area contributed by atoms with Gasteiger partial charge in [-0.05, 0) is 35.9 Å². The summed E-state index contributed by atoms with van der Waals surface area (Å²) < 4.78 is 5.35. The molecule has 0 saturated carbocycles. The molecule has 0 atom stereocenters. The van der Waals surface area contributed by atoms with Gasteiger partial charge in [-0.2, -0.15) is 4.98 Å². The van der Waals surface area contributed by atoms with Crippen LogP contribution in [0.1, 0.15) is 0 Å². The van der Waals surface area contributed by atoms with Crippen LogP contribution < -0.4 is 16.0 Å². The number of nitrogens with two attached hydrogens (primary N) is 1. The predicted octanol–water partition coefficient (Wildman–Crippen LogP) is 2.29. The summed E-state index contributed by atoms with van der Waals surface area (Å²) >= 11 is 5.77. The number of anilines is 4. The van der Waals surface area contributed by atoms with E-state index in [2.05, 4.69) is 32.3 Å². The lowest BCUT2D eigenvalue weighted by Crippen LogP contribution is -2.36. The van der Waals surface area contributed by atoms with Crippen molar-refractivity contribution in [1.29, 1.82) is 0 Å². The second kappa shape index (κ2) is 6.15. The van der Waals surface area contributed by atoms with Crippen LogP contribution in [-0.4, -0.2) is 36.3 Å². The lowest BCUT2D eigenvalue weighted by Gasteiger charge is -2.28. The van der Waals surface area contributed by atoms with E-state index in [1.807, 2.05) is 12.1 Å². The minimum atomic E-state index is 0.164. The average Bonchev–Trinajstić information content (AvgIpc) is 2.53. The first-order chi connectivity index (χ1) is 10.2. The van der Waals surface area contributed by atoms with E-state index in [0.29, 0.717) is 11.5 Å². The van der Waals surface area contributed by atoms with Gasteiger partial charge in [-0.25, -0.2) is 4.98 Å². The third-order valence-electron chi connectivity index (χ3n) is 3.29.